The van der Waals surface area contributed by atoms with Crippen LogP contribution in [-0.4, -0.2) is 19.8 Å². The number of hydrogen-bond acceptors (Lipinski definition) is 3. The summed E-state index contributed by atoms with van der Waals surface area (Å²) in [7, 11) is -3.42. The molecule has 1 saturated heterocycles. The maximum Gasteiger partial charge on any atom is 0.188 e. The molecule has 0 spiro atoms. The first-order chi connectivity index (χ1) is 12.1. The molecule has 1 aliphatic rings. The van der Waals surface area contributed by atoms with E-state index in [0.717, 1.165) is 51.4 Å². The van der Waals surface area contributed by atoms with E-state index >= 15 is 0 Å². The zero-order chi connectivity index (χ0) is 18.1. The van der Waals surface area contributed by atoms with Crippen LogP contribution in [0.5, 0.6) is 0 Å². The average molecular weight is 365 g/mol. The molecule has 2 unspecified atom stereocenters. The van der Waals surface area contributed by atoms with Gasteiger partial charge in [-0.1, -0.05) is 51.3 Å². The molecular weight excluding hydrogens is 332 g/mol. The van der Waals surface area contributed by atoms with Gasteiger partial charge in [0.05, 0.1) is 11.0 Å². The van der Waals surface area contributed by atoms with Gasteiger partial charge in [0.1, 0.15) is 11.0 Å². The van der Waals surface area contributed by atoms with Gasteiger partial charge in [0.25, 0.3) is 0 Å². The van der Waals surface area contributed by atoms with Crippen LogP contribution < -0.4 is 0 Å². The largest absolute Gasteiger partial charge is 0.494 e. The Hall–Kier alpha value is -1.29. The highest BCUT2D eigenvalue weighted by molar-refractivity contribution is 7.92. The van der Waals surface area contributed by atoms with E-state index in [1.807, 2.05) is 6.07 Å². The van der Waals surface area contributed by atoms with Crippen molar-refractivity contribution in [1.82, 2.24) is 0 Å². The number of allylic oxidation sites excluding steroid dienone is 1. The van der Waals surface area contributed by atoms with Crippen molar-refractivity contribution in [2.45, 2.75) is 87.9 Å². The fraction of sp³-hybridized carbons (Fsp3) is 0.619. The molecule has 0 aromatic heterocycles. The maximum absolute atomic E-state index is 13.2. The van der Waals surface area contributed by atoms with Crippen molar-refractivity contribution >= 4 is 9.84 Å². The summed E-state index contributed by atoms with van der Waals surface area (Å²) in [4.78, 5) is 0.400. The molecule has 1 heterocycles. The topological polar surface area (TPSA) is 43.4 Å². The summed E-state index contributed by atoms with van der Waals surface area (Å²) >= 11 is 0. The second-order valence-corrected chi connectivity index (χ2v) is 9.01. The molecule has 25 heavy (non-hydrogen) atoms. The van der Waals surface area contributed by atoms with Gasteiger partial charge in [-0.15, -0.1) is 0 Å². The molecule has 0 N–H and O–H groups in total. The fourth-order valence-electron chi connectivity index (χ4n) is 3.36. The van der Waals surface area contributed by atoms with Crippen molar-refractivity contribution in [3.8, 4) is 0 Å². The highest BCUT2D eigenvalue weighted by Crippen LogP contribution is 2.31. The Morgan fingerprint density at radius 2 is 1.80 bits per heavy atom. The monoisotopic (exact) mass is 364 g/mol. The number of sulfone groups is 1. The molecule has 0 bridgehead atoms. The van der Waals surface area contributed by atoms with Gasteiger partial charge in [0, 0.05) is 0 Å². The molecule has 1 aromatic carbocycles. The molecule has 0 aliphatic carbocycles. The van der Waals surface area contributed by atoms with Crippen LogP contribution in [0.4, 0.5) is 0 Å². The van der Waals surface area contributed by atoms with Gasteiger partial charge < -0.3 is 4.74 Å². The predicted octanol–water partition coefficient (Wildman–Crippen LogP) is 5.66. The van der Waals surface area contributed by atoms with Crippen molar-refractivity contribution in [1.29, 1.82) is 0 Å². The van der Waals surface area contributed by atoms with E-state index in [2.05, 4.69) is 19.9 Å². The van der Waals surface area contributed by atoms with Gasteiger partial charge in [-0.3, -0.25) is 0 Å². The summed E-state index contributed by atoms with van der Waals surface area (Å²) in [6.07, 6.45) is 11.0. The van der Waals surface area contributed by atoms with Gasteiger partial charge in [0.2, 0.25) is 0 Å². The summed E-state index contributed by atoms with van der Waals surface area (Å²) < 4.78 is 32.7. The van der Waals surface area contributed by atoms with Crippen molar-refractivity contribution < 1.29 is 13.2 Å². The Morgan fingerprint density at radius 3 is 2.48 bits per heavy atom. The summed E-state index contributed by atoms with van der Waals surface area (Å²) in [5.74, 6) is 0.687. The average Bonchev–Trinajstić information content (AvgIpc) is 2.61. The van der Waals surface area contributed by atoms with Crippen LogP contribution in [0.1, 0.15) is 71.6 Å². The van der Waals surface area contributed by atoms with E-state index in [9.17, 15) is 8.42 Å². The van der Waals surface area contributed by atoms with E-state index in [4.69, 9.17) is 4.74 Å². The lowest BCUT2D eigenvalue weighted by Crippen LogP contribution is -2.29. The molecule has 140 valence electrons. The van der Waals surface area contributed by atoms with Gasteiger partial charge in [-0.25, -0.2) is 8.42 Å². The van der Waals surface area contributed by atoms with Crippen LogP contribution in [0.3, 0.4) is 0 Å². The third kappa shape index (κ3) is 5.60. The molecule has 0 radical (unpaired) electrons. The summed E-state index contributed by atoms with van der Waals surface area (Å²) in [6.45, 7) is 4.29. The third-order valence-corrected chi connectivity index (χ3v) is 7.06. The quantitative estimate of drug-likeness (QED) is 0.586. The molecule has 0 saturated carbocycles. The van der Waals surface area contributed by atoms with Crippen molar-refractivity contribution in [3.05, 3.63) is 42.2 Å². The first-order valence-corrected chi connectivity index (χ1v) is 11.3. The van der Waals surface area contributed by atoms with E-state index < -0.39 is 15.1 Å². The lowest BCUT2D eigenvalue weighted by Gasteiger charge is -2.29. The summed E-state index contributed by atoms with van der Waals surface area (Å²) in [6, 6.07) is 8.81. The van der Waals surface area contributed by atoms with E-state index in [1.165, 1.54) is 0 Å². The Labute approximate surface area is 153 Å². The van der Waals surface area contributed by atoms with Gasteiger partial charge in [0.15, 0.2) is 9.84 Å². The Morgan fingerprint density at radius 1 is 1.08 bits per heavy atom. The second-order valence-electron chi connectivity index (χ2n) is 6.88. The van der Waals surface area contributed by atoms with E-state index in [0.29, 0.717) is 17.1 Å². The number of benzene rings is 1. The van der Waals surface area contributed by atoms with E-state index in [-0.39, 0.29) is 6.10 Å². The second kappa shape index (κ2) is 10.0. The van der Waals surface area contributed by atoms with Gasteiger partial charge in [-0.2, -0.15) is 0 Å². The van der Waals surface area contributed by atoms with Crippen LogP contribution in [0.15, 0.2) is 47.1 Å². The van der Waals surface area contributed by atoms with Gasteiger partial charge in [-0.05, 0) is 56.7 Å². The van der Waals surface area contributed by atoms with Crippen molar-refractivity contribution in [2.75, 3.05) is 0 Å². The molecule has 1 fully saturated rings. The number of unbranched alkanes of at least 4 members (excludes halogenated alkanes) is 3. The molecule has 1 aliphatic heterocycles. The van der Waals surface area contributed by atoms with E-state index in [1.54, 1.807) is 24.3 Å². The fourth-order valence-corrected chi connectivity index (χ4v) is 5.16. The summed E-state index contributed by atoms with van der Waals surface area (Å²) in [5.41, 5.74) is 0. The minimum Gasteiger partial charge on any atom is -0.494 e. The highest BCUT2D eigenvalue weighted by atomic mass is 32.2. The third-order valence-electron chi connectivity index (χ3n) is 4.92. The Kier molecular flexibility index (Phi) is 8.01. The molecule has 2 rings (SSSR count). The standard InChI is InChI=1S/C21H32O3S/c1-3-5-6-10-16-20-21(17-12-11-13-18(4-2)24-20)25(22,23)19-14-8-7-9-15-19/h7-9,14-16,18,21H,3-6,10-13,17H2,1-2H3/b20-16+. The highest BCUT2D eigenvalue weighted by Gasteiger charge is 2.33. The number of rotatable bonds is 7. The Bertz CT molecular complexity index is 634. The maximum atomic E-state index is 13.2. The van der Waals surface area contributed by atoms with Crippen molar-refractivity contribution in [2.24, 2.45) is 0 Å². The van der Waals surface area contributed by atoms with Crippen LogP contribution in [0.25, 0.3) is 0 Å². The minimum absolute atomic E-state index is 0.131. The number of hydrogen-bond donors (Lipinski definition) is 0. The minimum atomic E-state index is -3.42. The summed E-state index contributed by atoms with van der Waals surface area (Å²) in [5, 5.41) is -0.550. The number of ether oxygens (including phenoxy) is 1. The SMILES string of the molecule is CCCCC/C=C1/OC(CC)CCCCC1S(=O)(=O)c1ccccc1. The Balaban J connectivity index is 2.31. The van der Waals surface area contributed by atoms with Crippen LogP contribution in [-0.2, 0) is 14.6 Å². The predicted molar refractivity (Wildman–Crippen MR) is 103 cm³/mol. The molecular formula is C21H32O3S. The molecule has 4 heteroatoms. The molecule has 2 atom stereocenters. The van der Waals surface area contributed by atoms with Crippen LogP contribution in [0, 0.1) is 0 Å². The lowest BCUT2D eigenvalue weighted by molar-refractivity contribution is 0.0878. The van der Waals surface area contributed by atoms with Crippen molar-refractivity contribution in [3.63, 3.8) is 0 Å². The van der Waals surface area contributed by atoms with Gasteiger partial charge >= 0.3 is 0 Å². The zero-order valence-corrected chi connectivity index (χ0v) is 16.4. The smallest absolute Gasteiger partial charge is 0.188 e. The van der Waals surface area contributed by atoms with Crippen LogP contribution >= 0.6 is 0 Å². The van der Waals surface area contributed by atoms with Crippen LogP contribution in [0.2, 0.25) is 0 Å². The zero-order valence-electron chi connectivity index (χ0n) is 15.6. The normalized spacial score (nSPS) is 23.7. The first-order valence-electron chi connectivity index (χ1n) is 9.75. The molecule has 1 aromatic rings. The first kappa shape index (κ1) is 20.0. The molecule has 0 amide bonds. The molecule has 3 nitrogen and oxygen atoms in total. The lowest BCUT2D eigenvalue weighted by atomic mass is 10.0.